The van der Waals surface area contributed by atoms with Crippen molar-refractivity contribution in [1.82, 2.24) is 20.5 Å². The molecule has 2 atom stereocenters. The first-order valence-electron chi connectivity index (χ1n) is 11.5. The first kappa shape index (κ1) is 22.0. The highest BCUT2D eigenvalue weighted by Crippen LogP contribution is 2.42. The summed E-state index contributed by atoms with van der Waals surface area (Å²) in [7, 11) is 1.62. The van der Waals surface area contributed by atoms with Crippen LogP contribution in [0.15, 0.2) is 54.7 Å². The maximum atomic E-state index is 12.9. The minimum Gasteiger partial charge on any atom is -0.497 e. The number of hydrogen-bond acceptors (Lipinski definition) is 4. The summed E-state index contributed by atoms with van der Waals surface area (Å²) in [6.45, 7) is 1.77. The summed E-state index contributed by atoms with van der Waals surface area (Å²) in [5.41, 5.74) is 2.19. The molecule has 1 saturated carbocycles. The van der Waals surface area contributed by atoms with Gasteiger partial charge in [-0.15, -0.1) is 0 Å². The van der Waals surface area contributed by atoms with Crippen molar-refractivity contribution in [3.63, 3.8) is 0 Å². The van der Waals surface area contributed by atoms with Crippen LogP contribution >= 0.6 is 0 Å². The first-order chi connectivity index (χ1) is 16.4. The van der Waals surface area contributed by atoms with Crippen LogP contribution in [0.25, 0.3) is 10.9 Å². The van der Waals surface area contributed by atoms with Gasteiger partial charge in [-0.3, -0.25) is 14.5 Å². The highest BCUT2D eigenvalue weighted by molar-refractivity contribution is 6.09. The Morgan fingerprint density at radius 2 is 1.91 bits per heavy atom. The fourth-order valence-corrected chi connectivity index (χ4v) is 4.84. The Kier molecular flexibility index (Phi) is 5.51. The monoisotopic (exact) mass is 460 g/mol. The third kappa shape index (κ3) is 3.89. The molecule has 2 heterocycles. The van der Waals surface area contributed by atoms with Gasteiger partial charge in [0, 0.05) is 29.6 Å². The number of carbonyl (C=O) groups is 3. The van der Waals surface area contributed by atoms with Gasteiger partial charge in [0.05, 0.1) is 7.11 Å². The second kappa shape index (κ2) is 8.52. The molecular weight excluding hydrogens is 432 g/mol. The Labute approximate surface area is 197 Å². The number of methoxy groups -OCH3 is 1. The van der Waals surface area contributed by atoms with E-state index >= 15 is 0 Å². The van der Waals surface area contributed by atoms with Gasteiger partial charge >= 0.3 is 6.03 Å². The summed E-state index contributed by atoms with van der Waals surface area (Å²) in [4.78, 5) is 42.4. The molecule has 176 valence electrons. The van der Waals surface area contributed by atoms with Gasteiger partial charge in [-0.1, -0.05) is 30.3 Å². The number of nitrogens with one attached hydrogen (secondary N) is 3. The zero-order valence-electron chi connectivity index (χ0n) is 19.3. The molecule has 5 rings (SSSR count). The number of nitrogens with zero attached hydrogens (tertiary/aromatic N) is 1. The average Bonchev–Trinajstić information content (AvgIpc) is 3.59. The van der Waals surface area contributed by atoms with Crippen LogP contribution in [0.4, 0.5) is 4.79 Å². The molecule has 8 heteroatoms. The summed E-state index contributed by atoms with van der Waals surface area (Å²) < 4.78 is 5.29. The molecule has 1 saturated heterocycles. The third-order valence-corrected chi connectivity index (χ3v) is 7.01. The average molecular weight is 461 g/mol. The van der Waals surface area contributed by atoms with Crippen molar-refractivity contribution in [2.45, 2.75) is 31.2 Å². The SMILES string of the molecule is COc1ccc([C@H](CNC(=O)CN2C(=O)N[C@](C)(C3CC3)C2=O)c2c[nH]c3ccccc23)cc1. The summed E-state index contributed by atoms with van der Waals surface area (Å²) >= 11 is 0. The molecule has 1 aliphatic carbocycles. The predicted octanol–water partition coefficient (Wildman–Crippen LogP) is 3.15. The highest BCUT2D eigenvalue weighted by Gasteiger charge is 2.56. The lowest BCUT2D eigenvalue weighted by Gasteiger charge is -2.21. The number of amides is 4. The number of H-pyrrole nitrogens is 1. The number of carbonyl (C=O) groups excluding carboxylic acids is 3. The van der Waals surface area contributed by atoms with Crippen molar-refractivity contribution < 1.29 is 19.1 Å². The van der Waals surface area contributed by atoms with Crippen LogP contribution < -0.4 is 15.4 Å². The number of imide groups is 1. The molecule has 1 aliphatic heterocycles. The quantitative estimate of drug-likeness (QED) is 0.449. The predicted molar refractivity (Wildman–Crippen MR) is 128 cm³/mol. The second-order valence-electron chi connectivity index (χ2n) is 9.22. The fraction of sp³-hybridized carbons (Fsp3) is 0.346. The van der Waals surface area contributed by atoms with E-state index in [2.05, 4.69) is 15.6 Å². The smallest absolute Gasteiger partial charge is 0.325 e. The van der Waals surface area contributed by atoms with Gasteiger partial charge in [0.15, 0.2) is 0 Å². The van der Waals surface area contributed by atoms with E-state index in [9.17, 15) is 14.4 Å². The minimum atomic E-state index is -0.896. The molecule has 0 radical (unpaired) electrons. The van der Waals surface area contributed by atoms with Gasteiger partial charge in [-0.2, -0.15) is 0 Å². The van der Waals surface area contributed by atoms with E-state index in [-0.39, 0.29) is 30.2 Å². The molecule has 2 fully saturated rings. The van der Waals surface area contributed by atoms with Crippen molar-refractivity contribution >= 4 is 28.7 Å². The van der Waals surface area contributed by atoms with Crippen LogP contribution in [-0.4, -0.2) is 53.5 Å². The van der Waals surface area contributed by atoms with E-state index in [1.807, 2.05) is 54.7 Å². The van der Waals surface area contributed by atoms with Gasteiger partial charge in [0.25, 0.3) is 5.91 Å². The van der Waals surface area contributed by atoms with Crippen molar-refractivity contribution in [3.8, 4) is 5.75 Å². The van der Waals surface area contributed by atoms with Gasteiger partial charge in [0.1, 0.15) is 17.8 Å². The summed E-state index contributed by atoms with van der Waals surface area (Å²) in [5, 5.41) is 6.80. The van der Waals surface area contributed by atoms with E-state index in [0.29, 0.717) is 6.54 Å². The Morgan fingerprint density at radius 3 is 2.62 bits per heavy atom. The topological polar surface area (TPSA) is 104 Å². The molecule has 1 aromatic heterocycles. The molecule has 34 heavy (non-hydrogen) atoms. The summed E-state index contributed by atoms with van der Waals surface area (Å²) in [6, 6.07) is 15.3. The Hall–Kier alpha value is -3.81. The lowest BCUT2D eigenvalue weighted by Crippen LogP contribution is -2.47. The van der Waals surface area contributed by atoms with Crippen LogP contribution in [-0.2, 0) is 9.59 Å². The lowest BCUT2D eigenvalue weighted by atomic mass is 9.90. The molecule has 0 spiro atoms. The van der Waals surface area contributed by atoms with Crippen LogP contribution in [0, 0.1) is 5.92 Å². The number of benzene rings is 2. The molecule has 0 unspecified atom stereocenters. The van der Waals surface area contributed by atoms with E-state index < -0.39 is 11.6 Å². The van der Waals surface area contributed by atoms with Gasteiger partial charge in [0.2, 0.25) is 5.91 Å². The molecular formula is C26H28N4O4. The van der Waals surface area contributed by atoms with Crippen LogP contribution in [0.5, 0.6) is 5.75 Å². The maximum Gasteiger partial charge on any atom is 0.325 e. The lowest BCUT2D eigenvalue weighted by molar-refractivity contribution is -0.135. The Balaban J connectivity index is 1.34. The third-order valence-electron chi connectivity index (χ3n) is 7.01. The number of hydrogen-bond donors (Lipinski definition) is 3. The van der Waals surface area contributed by atoms with Crippen molar-refractivity contribution in [1.29, 1.82) is 0 Å². The van der Waals surface area contributed by atoms with E-state index in [4.69, 9.17) is 4.74 Å². The normalized spacial score (nSPS) is 20.9. The van der Waals surface area contributed by atoms with E-state index in [0.717, 1.165) is 45.5 Å². The number of fused-ring (bicyclic) bond motifs is 1. The minimum absolute atomic E-state index is 0.133. The highest BCUT2D eigenvalue weighted by atomic mass is 16.5. The molecule has 4 amide bonds. The van der Waals surface area contributed by atoms with E-state index in [1.165, 1.54) is 0 Å². The van der Waals surface area contributed by atoms with Crippen LogP contribution in [0.2, 0.25) is 0 Å². The van der Waals surface area contributed by atoms with Crippen molar-refractivity contribution in [2.75, 3.05) is 20.2 Å². The summed E-state index contributed by atoms with van der Waals surface area (Å²) in [6.07, 6.45) is 3.79. The molecule has 3 N–H and O–H groups in total. The largest absolute Gasteiger partial charge is 0.497 e. The number of aromatic nitrogens is 1. The number of urea groups is 1. The van der Waals surface area contributed by atoms with Gasteiger partial charge in [-0.25, -0.2) is 4.79 Å². The number of rotatable bonds is 8. The van der Waals surface area contributed by atoms with Crippen LogP contribution in [0.3, 0.4) is 0 Å². The second-order valence-corrected chi connectivity index (χ2v) is 9.22. The molecule has 0 bridgehead atoms. The molecule has 2 aromatic carbocycles. The Morgan fingerprint density at radius 1 is 1.18 bits per heavy atom. The van der Waals surface area contributed by atoms with E-state index in [1.54, 1.807) is 14.0 Å². The van der Waals surface area contributed by atoms with Crippen molar-refractivity contribution in [3.05, 3.63) is 65.9 Å². The zero-order valence-corrected chi connectivity index (χ0v) is 19.3. The molecule has 3 aromatic rings. The number of para-hydroxylation sites is 1. The Bertz CT molecular complexity index is 1250. The zero-order chi connectivity index (χ0) is 23.9. The standard InChI is InChI=1S/C26H28N4O4/c1-26(17-9-10-17)24(32)30(25(33)29-26)15-23(31)28-13-20(16-7-11-18(34-2)12-8-16)21-14-27-22-6-4-3-5-19(21)22/h3-8,11-12,14,17,20,27H,9-10,13,15H2,1-2H3,(H,28,31)(H,29,33)/t20-,26+/m0/s1. The summed E-state index contributed by atoms with van der Waals surface area (Å²) in [5.74, 6) is 0.0762. The van der Waals surface area contributed by atoms with Crippen molar-refractivity contribution in [2.24, 2.45) is 5.92 Å². The first-order valence-corrected chi connectivity index (χ1v) is 11.5. The maximum absolute atomic E-state index is 12.9. The fourth-order valence-electron chi connectivity index (χ4n) is 4.84. The van der Waals surface area contributed by atoms with Gasteiger partial charge in [-0.05, 0) is 55.0 Å². The van der Waals surface area contributed by atoms with Crippen LogP contribution in [0.1, 0.15) is 36.8 Å². The molecule has 8 nitrogen and oxygen atoms in total. The molecule has 2 aliphatic rings. The van der Waals surface area contributed by atoms with Gasteiger partial charge < -0.3 is 20.4 Å². The number of aromatic amines is 1. The number of ether oxygens (including phenoxy) is 1.